The molecule has 0 radical (unpaired) electrons. The summed E-state index contributed by atoms with van der Waals surface area (Å²) in [6.45, 7) is 4.42. The second-order valence-corrected chi connectivity index (χ2v) is 4.06. The van der Waals surface area contributed by atoms with E-state index in [1.165, 1.54) is 0 Å². The average molecular weight is 238 g/mol. The molecule has 0 amide bonds. The predicted octanol–water partition coefficient (Wildman–Crippen LogP) is 1.28. The third-order valence-corrected chi connectivity index (χ3v) is 2.74. The fourth-order valence-corrected chi connectivity index (χ4v) is 1.70. The summed E-state index contributed by atoms with van der Waals surface area (Å²) < 4.78 is 17.6. The van der Waals surface area contributed by atoms with Crippen LogP contribution in [0.4, 0.5) is 0 Å². The van der Waals surface area contributed by atoms with E-state index in [0.29, 0.717) is 32.5 Å². The molecule has 0 spiro atoms. The van der Waals surface area contributed by atoms with Crippen molar-refractivity contribution in [3.05, 3.63) is 0 Å². The normalized spacial score (nSPS) is 19.6. The molecule has 0 aromatic rings. The van der Waals surface area contributed by atoms with Gasteiger partial charge in [-0.15, -0.1) is 0 Å². The standard InChI is InChI=1S/C10H20ClNO3/c1-13-6-7-14-8-9-15-10-2-4-12(11)5-3-10/h10H,2-9H2,1H3. The Morgan fingerprint density at radius 1 is 1.13 bits per heavy atom. The first-order valence-electron chi connectivity index (χ1n) is 5.42. The van der Waals surface area contributed by atoms with Gasteiger partial charge in [0.15, 0.2) is 0 Å². The molecule has 1 fully saturated rings. The van der Waals surface area contributed by atoms with Crippen LogP contribution in [0, 0.1) is 0 Å². The van der Waals surface area contributed by atoms with Gasteiger partial charge >= 0.3 is 0 Å². The molecule has 4 nitrogen and oxygen atoms in total. The highest BCUT2D eigenvalue weighted by Gasteiger charge is 2.17. The van der Waals surface area contributed by atoms with Crippen molar-refractivity contribution in [3.8, 4) is 0 Å². The van der Waals surface area contributed by atoms with Crippen LogP contribution in [0.25, 0.3) is 0 Å². The molecule has 0 unspecified atom stereocenters. The van der Waals surface area contributed by atoms with Gasteiger partial charge in [-0.1, -0.05) is 0 Å². The average Bonchev–Trinajstić information content (AvgIpc) is 2.26. The first kappa shape index (κ1) is 13.2. The molecule has 1 aliphatic rings. The summed E-state index contributed by atoms with van der Waals surface area (Å²) in [5.41, 5.74) is 0. The SMILES string of the molecule is COCCOCCOC1CCN(Cl)CC1. The lowest BCUT2D eigenvalue weighted by atomic mass is 10.1. The molecule has 1 saturated heterocycles. The Morgan fingerprint density at radius 2 is 1.80 bits per heavy atom. The number of hydrogen-bond donors (Lipinski definition) is 0. The Bertz CT molecular complexity index is 152. The van der Waals surface area contributed by atoms with Gasteiger partial charge in [0.1, 0.15) is 0 Å². The molecular weight excluding hydrogens is 218 g/mol. The summed E-state index contributed by atoms with van der Waals surface area (Å²) in [4.78, 5) is 0. The minimum absolute atomic E-state index is 0.353. The molecule has 90 valence electrons. The van der Waals surface area contributed by atoms with E-state index in [4.69, 9.17) is 26.0 Å². The zero-order valence-electron chi connectivity index (χ0n) is 9.28. The third kappa shape index (κ3) is 6.33. The maximum atomic E-state index is 5.84. The van der Waals surface area contributed by atoms with E-state index < -0.39 is 0 Å². The van der Waals surface area contributed by atoms with Crippen molar-refractivity contribution in [2.75, 3.05) is 46.6 Å². The summed E-state index contributed by atoms with van der Waals surface area (Å²) in [5.74, 6) is 0. The fourth-order valence-electron chi connectivity index (χ4n) is 1.51. The molecule has 5 heteroatoms. The molecule has 0 saturated carbocycles. The van der Waals surface area contributed by atoms with E-state index in [-0.39, 0.29) is 0 Å². The van der Waals surface area contributed by atoms with E-state index in [1.54, 1.807) is 7.11 Å². The van der Waals surface area contributed by atoms with Crippen LogP contribution in [0.5, 0.6) is 0 Å². The Hall–Kier alpha value is 0.130. The third-order valence-electron chi connectivity index (χ3n) is 2.40. The van der Waals surface area contributed by atoms with Gasteiger partial charge in [0, 0.05) is 20.2 Å². The van der Waals surface area contributed by atoms with Crippen molar-refractivity contribution in [3.63, 3.8) is 0 Å². The summed E-state index contributed by atoms with van der Waals surface area (Å²) in [6, 6.07) is 0. The van der Waals surface area contributed by atoms with Gasteiger partial charge in [0.2, 0.25) is 0 Å². The number of nitrogens with zero attached hydrogens (tertiary/aromatic N) is 1. The molecule has 0 aliphatic carbocycles. The minimum Gasteiger partial charge on any atom is -0.382 e. The predicted molar refractivity (Wildman–Crippen MR) is 59.1 cm³/mol. The van der Waals surface area contributed by atoms with Crippen LogP contribution in [-0.2, 0) is 14.2 Å². The monoisotopic (exact) mass is 237 g/mol. The zero-order chi connectivity index (χ0) is 10.9. The second-order valence-electron chi connectivity index (χ2n) is 3.59. The van der Waals surface area contributed by atoms with Crippen LogP contribution < -0.4 is 0 Å². The van der Waals surface area contributed by atoms with Crippen molar-refractivity contribution in [2.24, 2.45) is 0 Å². The van der Waals surface area contributed by atoms with Gasteiger partial charge in [-0.2, -0.15) is 0 Å². The minimum atomic E-state index is 0.353. The molecular formula is C10H20ClNO3. The molecule has 15 heavy (non-hydrogen) atoms. The van der Waals surface area contributed by atoms with Crippen molar-refractivity contribution in [1.29, 1.82) is 0 Å². The largest absolute Gasteiger partial charge is 0.382 e. The zero-order valence-corrected chi connectivity index (χ0v) is 10.0. The lowest BCUT2D eigenvalue weighted by Crippen LogP contribution is -2.32. The number of piperidine rings is 1. The molecule has 0 bridgehead atoms. The van der Waals surface area contributed by atoms with Gasteiger partial charge in [0.25, 0.3) is 0 Å². The number of halogens is 1. The fraction of sp³-hybridized carbons (Fsp3) is 1.00. The van der Waals surface area contributed by atoms with Crippen molar-refractivity contribution in [1.82, 2.24) is 4.42 Å². The first-order valence-corrected chi connectivity index (χ1v) is 5.75. The van der Waals surface area contributed by atoms with Crippen LogP contribution in [0.1, 0.15) is 12.8 Å². The molecule has 1 aliphatic heterocycles. The molecule has 1 rings (SSSR count). The second kappa shape index (κ2) is 8.30. The topological polar surface area (TPSA) is 30.9 Å². The molecule has 0 aromatic carbocycles. The van der Waals surface area contributed by atoms with Crippen LogP contribution in [0.15, 0.2) is 0 Å². The number of rotatable bonds is 7. The van der Waals surface area contributed by atoms with Crippen molar-refractivity contribution >= 4 is 11.8 Å². The van der Waals surface area contributed by atoms with Gasteiger partial charge < -0.3 is 14.2 Å². The molecule has 0 N–H and O–H groups in total. The highest BCUT2D eigenvalue weighted by Crippen LogP contribution is 2.14. The van der Waals surface area contributed by atoms with Crippen molar-refractivity contribution < 1.29 is 14.2 Å². The number of ether oxygens (including phenoxy) is 3. The Balaban J connectivity index is 1.87. The summed E-state index contributed by atoms with van der Waals surface area (Å²) >= 11 is 5.84. The van der Waals surface area contributed by atoms with Gasteiger partial charge in [-0.05, 0) is 24.6 Å². The van der Waals surface area contributed by atoms with Crippen LogP contribution in [0.2, 0.25) is 0 Å². The number of hydrogen-bond acceptors (Lipinski definition) is 4. The van der Waals surface area contributed by atoms with Gasteiger partial charge in [0.05, 0.1) is 32.5 Å². The number of methoxy groups -OCH3 is 1. The Labute approximate surface area is 96.5 Å². The van der Waals surface area contributed by atoms with Gasteiger partial charge in [-0.3, -0.25) is 0 Å². The summed E-state index contributed by atoms with van der Waals surface area (Å²) in [6.07, 6.45) is 2.38. The molecule has 0 atom stereocenters. The van der Waals surface area contributed by atoms with Crippen LogP contribution in [-0.4, -0.2) is 57.1 Å². The lowest BCUT2D eigenvalue weighted by Gasteiger charge is -2.26. The van der Waals surface area contributed by atoms with E-state index in [2.05, 4.69) is 0 Å². The summed E-state index contributed by atoms with van der Waals surface area (Å²) in [5, 5.41) is 0. The van der Waals surface area contributed by atoms with Crippen LogP contribution >= 0.6 is 11.8 Å². The van der Waals surface area contributed by atoms with E-state index in [0.717, 1.165) is 25.9 Å². The highest BCUT2D eigenvalue weighted by molar-refractivity contribution is 6.13. The van der Waals surface area contributed by atoms with Crippen molar-refractivity contribution in [2.45, 2.75) is 18.9 Å². The molecule has 0 aromatic heterocycles. The maximum absolute atomic E-state index is 5.84. The van der Waals surface area contributed by atoms with E-state index >= 15 is 0 Å². The van der Waals surface area contributed by atoms with E-state index in [9.17, 15) is 0 Å². The van der Waals surface area contributed by atoms with E-state index in [1.807, 2.05) is 4.42 Å². The highest BCUT2D eigenvalue weighted by atomic mass is 35.5. The lowest BCUT2D eigenvalue weighted by molar-refractivity contribution is -0.0215. The Kier molecular flexibility index (Phi) is 7.30. The Morgan fingerprint density at radius 3 is 2.47 bits per heavy atom. The van der Waals surface area contributed by atoms with Gasteiger partial charge in [-0.25, -0.2) is 4.42 Å². The maximum Gasteiger partial charge on any atom is 0.0704 e. The molecule has 1 heterocycles. The smallest absolute Gasteiger partial charge is 0.0704 e. The summed E-state index contributed by atoms with van der Waals surface area (Å²) in [7, 11) is 1.67. The van der Waals surface area contributed by atoms with Crippen LogP contribution in [0.3, 0.4) is 0 Å². The first-order chi connectivity index (χ1) is 7.33. The quantitative estimate of drug-likeness (QED) is 0.493.